The van der Waals surface area contributed by atoms with E-state index in [0.717, 1.165) is 22.6 Å². The third-order valence-electron chi connectivity index (χ3n) is 5.00. The van der Waals surface area contributed by atoms with Crippen LogP contribution in [0.1, 0.15) is 48.7 Å². The molecule has 0 radical (unpaired) electrons. The van der Waals surface area contributed by atoms with Crippen LogP contribution in [0.3, 0.4) is 0 Å². The lowest BCUT2D eigenvalue weighted by Gasteiger charge is -2.05. The summed E-state index contributed by atoms with van der Waals surface area (Å²) < 4.78 is 9.96. The summed E-state index contributed by atoms with van der Waals surface area (Å²) >= 11 is 2.42. The third kappa shape index (κ3) is 5.13. The summed E-state index contributed by atoms with van der Waals surface area (Å²) in [5, 5.41) is 15.5. The molecule has 3 rings (SSSR count). The number of esters is 2. The number of anilines is 1. The second kappa shape index (κ2) is 10.4. The number of hydrogen-bond donors (Lipinski definition) is 1. The molecular formula is C24H23N3O4S2. The molecule has 33 heavy (non-hydrogen) atoms. The molecule has 0 saturated heterocycles. The maximum Gasteiger partial charge on any atom is 0.348 e. The smallest absolute Gasteiger partial charge is 0.348 e. The van der Waals surface area contributed by atoms with Gasteiger partial charge in [0.05, 0.1) is 25.0 Å². The van der Waals surface area contributed by atoms with Crippen molar-refractivity contribution in [3.05, 3.63) is 61.9 Å². The molecule has 0 fully saturated rings. The zero-order valence-electron chi connectivity index (χ0n) is 18.9. The first-order valence-corrected chi connectivity index (χ1v) is 11.8. The number of allylic oxidation sites excluding steroid dienone is 1. The van der Waals surface area contributed by atoms with Crippen LogP contribution in [0.2, 0.25) is 0 Å². The first kappa shape index (κ1) is 24.2. The zero-order chi connectivity index (χ0) is 24.1. The van der Waals surface area contributed by atoms with E-state index in [9.17, 15) is 14.9 Å². The number of benzene rings is 1. The predicted octanol–water partition coefficient (Wildman–Crippen LogP) is 5.74. The monoisotopic (exact) mass is 481 g/mol. The Morgan fingerprint density at radius 2 is 1.97 bits per heavy atom. The van der Waals surface area contributed by atoms with Gasteiger partial charge in [0.15, 0.2) is 0 Å². The van der Waals surface area contributed by atoms with Gasteiger partial charge in [-0.05, 0) is 50.5 Å². The minimum Gasteiger partial charge on any atom is -0.465 e. The number of ether oxygens (including phenoxy) is 2. The van der Waals surface area contributed by atoms with Crippen molar-refractivity contribution in [1.29, 1.82) is 5.26 Å². The number of nitriles is 1. The Morgan fingerprint density at radius 3 is 2.61 bits per heavy atom. The van der Waals surface area contributed by atoms with E-state index in [-0.39, 0.29) is 12.2 Å². The number of methoxy groups -OCH3 is 1. The summed E-state index contributed by atoms with van der Waals surface area (Å²) in [6.07, 6.45) is 1.48. The van der Waals surface area contributed by atoms with Gasteiger partial charge >= 0.3 is 11.9 Å². The third-order valence-corrected chi connectivity index (χ3v) is 7.08. The Kier molecular flexibility index (Phi) is 7.63. The van der Waals surface area contributed by atoms with Gasteiger partial charge in [0, 0.05) is 17.1 Å². The normalized spacial score (nSPS) is 11.1. The number of carbonyl (C=O) groups is 2. The second-order valence-electron chi connectivity index (χ2n) is 7.12. The largest absolute Gasteiger partial charge is 0.465 e. The van der Waals surface area contributed by atoms with Crippen molar-refractivity contribution in [3.8, 4) is 17.3 Å². The SMILES string of the molecule is CCOC(=O)c1c(N/C=C(/C#N)c2nc(-c3ccc(C)c(C)c3)cs2)sc(C(=O)OC)c1C. The molecule has 7 nitrogen and oxygen atoms in total. The molecule has 170 valence electrons. The van der Waals surface area contributed by atoms with E-state index in [1.165, 1.54) is 35.8 Å². The summed E-state index contributed by atoms with van der Waals surface area (Å²) in [4.78, 5) is 29.5. The lowest BCUT2D eigenvalue weighted by molar-refractivity contribution is 0.0527. The molecular weight excluding hydrogens is 458 g/mol. The highest BCUT2D eigenvalue weighted by molar-refractivity contribution is 7.18. The fourth-order valence-electron chi connectivity index (χ4n) is 3.06. The highest BCUT2D eigenvalue weighted by Gasteiger charge is 2.26. The van der Waals surface area contributed by atoms with Crippen LogP contribution in [0, 0.1) is 32.1 Å². The van der Waals surface area contributed by atoms with Crippen molar-refractivity contribution < 1.29 is 19.1 Å². The van der Waals surface area contributed by atoms with Crippen LogP contribution in [0.25, 0.3) is 16.8 Å². The van der Waals surface area contributed by atoms with E-state index >= 15 is 0 Å². The van der Waals surface area contributed by atoms with E-state index in [2.05, 4.69) is 29.4 Å². The number of aryl methyl sites for hydroxylation is 2. The van der Waals surface area contributed by atoms with Crippen molar-refractivity contribution in [1.82, 2.24) is 4.98 Å². The van der Waals surface area contributed by atoms with Crippen molar-refractivity contribution in [2.75, 3.05) is 19.0 Å². The summed E-state index contributed by atoms with van der Waals surface area (Å²) in [5.41, 5.74) is 5.14. The van der Waals surface area contributed by atoms with E-state index in [1.54, 1.807) is 13.8 Å². The molecule has 1 aromatic carbocycles. The Hall–Kier alpha value is -3.48. The van der Waals surface area contributed by atoms with E-state index in [4.69, 9.17) is 9.47 Å². The van der Waals surface area contributed by atoms with Gasteiger partial charge in [-0.25, -0.2) is 14.6 Å². The number of hydrogen-bond acceptors (Lipinski definition) is 9. The Morgan fingerprint density at radius 1 is 1.21 bits per heavy atom. The molecule has 0 aliphatic carbocycles. The Bertz CT molecular complexity index is 1280. The predicted molar refractivity (Wildman–Crippen MR) is 131 cm³/mol. The van der Waals surface area contributed by atoms with E-state index in [0.29, 0.717) is 26.0 Å². The molecule has 9 heteroatoms. The number of nitrogens with zero attached hydrogens (tertiary/aromatic N) is 2. The molecule has 0 aliphatic rings. The van der Waals surface area contributed by atoms with Gasteiger partial charge in [0.2, 0.25) is 0 Å². The van der Waals surface area contributed by atoms with Crippen LogP contribution in [-0.4, -0.2) is 30.6 Å². The van der Waals surface area contributed by atoms with Crippen LogP contribution in [-0.2, 0) is 9.47 Å². The van der Waals surface area contributed by atoms with Gasteiger partial charge in [-0.15, -0.1) is 22.7 Å². The number of aromatic nitrogens is 1. The zero-order valence-corrected chi connectivity index (χ0v) is 20.6. The number of carbonyl (C=O) groups excluding carboxylic acids is 2. The minimum absolute atomic E-state index is 0.195. The number of thiophene rings is 1. The van der Waals surface area contributed by atoms with Gasteiger partial charge in [0.25, 0.3) is 0 Å². The van der Waals surface area contributed by atoms with Crippen LogP contribution in [0.4, 0.5) is 5.00 Å². The molecule has 0 bridgehead atoms. The molecule has 0 amide bonds. The number of nitrogens with one attached hydrogen (secondary N) is 1. The lowest BCUT2D eigenvalue weighted by atomic mass is 10.1. The second-order valence-corrected chi connectivity index (χ2v) is 9.00. The number of thiazole rings is 1. The minimum atomic E-state index is -0.554. The molecule has 2 heterocycles. The van der Waals surface area contributed by atoms with Crippen molar-refractivity contribution >= 4 is 45.2 Å². The summed E-state index contributed by atoms with van der Waals surface area (Å²) in [7, 11) is 1.28. The van der Waals surface area contributed by atoms with E-state index in [1.807, 2.05) is 24.4 Å². The molecule has 0 spiro atoms. The fraction of sp³-hybridized carbons (Fsp3) is 0.250. The van der Waals surface area contributed by atoms with Crippen LogP contribution in [0.5, 0.6) is 0 Å². The molecule has 0 saturated carbocycles. The fourth-order valence-corrected chi connectivity index (χ4v) is 4.94. The van der Waals surface area contributed by atoms with Gasteiger partial charge in [-0.1, -0.05) is 12.1 Å². The maximum atomic E-state index is 12.5. The molecule has 0 aliphatic heterocycles. The molecule has 1 N–H and O–H groups in total. The quantitative estimate of drug-likeness (QED) is 0.339. The summed E-state index contributed by atoms with van der Waals surface area (Å²) in [6.45, 7) is 7.66. The van der Waals surface area contributed by atoms with Crippen LogP contribution >= 0.6 is 22.7 Å². The molecule has 2 aromatic heterocycles. The first-order chi connectivity index (χ1) is 15.8. The first-order valence-electron chi connectivity index (χ1n) is 10.1. The maximum absolute atomic E-state index is 12.5. The molecule has 0 unspecified atom stereocenters. The average Bonchev–Trinajstić information content (AvgIpc) is 3.41. The Balaban J connectivity index is 1.94. The summed E-state index contributed by atoms with van der Waals surface area (Å²) in [5.74, 6) is -1.10. The standard InChI is InChI=1S/C24H23N3O4S2/c1-6-31-23(28)19-15(4)20(24(29)30-5)33-22(19)26-11-17(10-25)21-27-18(12-32-21)16-8-7-13(2)14(3)9-16/h7-9,11-12,26H,6H2,1-5H3/b17-11-. The average molecular weight is 482 g/mol. The van der Waals surface area contributed by atoms with Gasteiger partial charge in [0.1, 0.15) is 26.5 Å². The highest BCUT2D eigenvalue weighted by atomic mass is 32.1. The van der Waals surface area contributed by atoms with Crippen molar-refractivity contribution in [2.24, 2.45) is 0 Å². The summed E-state index contributed by atoms with van der Waals surface area (Å²) in [6, 6.07) is 8.26. The molecule has 3 aromatic rings. The van der Waals surface area contributed by atoms with Gasteiger partial charge in [-0.3, -0.25) is 0 Å². The van der Waals surface area contributed by atoms with Crippen molar-refractivity contribution in [3.63, 3.8) is 0 Å². The van der Waals surface area contributed by atoms with Gasteiger partial charge < -0.3 is 14.8 Å². The van der Waals surface area contributed by atoms with E-state index < -0.39 is 11.9 Å². The van der Waals surface area contributed by atoms with Crippen LogP contribution in [0.15, 0.2) is 29.8 Å². The van der Waals surface area contributed by atoms with Gasteiger partial charge in [-0.2, -0.15) is 5.26 Å². The van der Waals surface area contributed by atoms with Crippen LogP contribution < -0.4 is 5.32 Å². The lowest BCUT2D eigenvalue weighted by Crippen LogP contribution is -2.08. The number of rotatable bonds is 7. The topological polar surface area (TPSA) is 101 Å². The van der Waals surface area contributed by atoms with Crippen molar-refractivity contribution in [2.45, 2.75) is 27.7 Å². The Labute approximate surface area is 200 Å². The molecule has 0 atom stereocenters. The highest BCUT2D eigenvalue weighted by Crippen LogP contribution is 2.35.